The molecule has 106 valence electrons. The summed E-state index contributed by atoms with van der Waals surface area (Å²) in [6.07, 6.45) is 2.50. The molecule has 1 aliphatic carbocycles. The van der Waals surface area contributed by atoms with Gasteiger partial charge in [-0.1, -0.05) is 28.8 Å². The lowest BCUT2D eigenvalue weighted by molar-refractivity contribution is 0.101. The number of benzene rings is 1. The fourth-order valence-corrected chi connectivity index (χ4v) is 4.07. The van der Waals surface area contributed by atoms with E-state index in [1.165, 1.54) is 6.07 Å². The maximum Gasteiger partial charge on any atom is 0.242 e. The summed E-state index contributed by atoms with van der Waals surface area (Å²) in [5, 5.41) is 9.83. The van der Waals surface area contributed by atoms with E-state index in [1.807, 2.05) is 0 Å². The molecule has 0 aromatic heterocycles. The van der Waals surface area contributed by atoms with Crippen LogP contribution in [0.3, 0.4) is 0 Å². The number of nitrogen functional groups attached to an aromatic ring is 1. The quantitative estimate of drug-likeness (QED) is 0.723. The van der Waals surface area contributed by atoms with Crippen molar-refractivity contribution in [2.24, 2.45) is 0 Å². The van der Waals surface area contributed by atoms with Crippen molar-refractivity contribution < 1.29 is 13.5 Å². The fraction of sp³-hybridized carbons (Fsp3) is 0.500. The summed E-state index contributed by atoms with van der Waals surface area (Å²) in [5.74, 6) is 0. The summed E-state index contributed by atoms with van der Waals surface area (Å²) >= 11 is 3.24. The van der Waals surface area contributed by atoms with Crippen molar-refractivity contribution in [1.29, 1.82) is 0 Å². The Morgan fingerprint density at radius 1 is 1.32 bits per heavy atom. The van der Waals surface area contributed by atoms with Crippen molar-refractivity contribution in [2.75, 3.05) is 5.73 Å². The average Bonchev–Trinajstić information content (AvgIpc) is 2.31. The minimum absolute atomic E-state index is 0.0495. The Morgan fingerprint density at radius 3 is 2.63 bits per heavy atom. The van der Waals surface area contributed by atoms with Crippen molar-refractivity contribution in [2.45, 2.75) is 42.7 Å². The van der Waals surface area contributed by atoms with Crippen LogP contribution in [0.15, 0.2) is 27.6 Å². The molecule has 0 amide bonds. The van der Waals surface area contributed by atoms with Gasteiger partial charge in [0.15, 0.2) is 0 Å². The molecular formula is C12H17BrN2O3S. The fourth-order valence-electron chi connectivity index (χ4n) is 2.28. The summed E-state index contributed by atoms with van der Waals surface area (Å²) < 4.78 is 27.8. The molecule has 0 radical (unpaired) electrons. The van der Waals surface area contributed by atoms with Gasteiger partial charge in [0.2, 0.25) is 10.0 Å². The summed E-state index contributed by atoms with van der Waals surface area (Å²) in [5.41, 5.74) is 5.92. The summed E-state index contributed by atoms with van der Waals surface area (Å²) in [4.78, 5) is 0.0495. The molecule has 0 saturated heterocycles. The molecule has 0 aliphatic heterocycles. The monoisotopic (exact) mass is 348 g/mol. The number of hydrogen-bond donors (Lipinski definition) is 3. The van der Waals surface area contributed by atoms with Gasteiger partial charge in [-0.25, -0.2) is 13.1 Å². The molecule has 1 aromatic rings. The standard InChI is InChI=1S/C12H17BrN2O3S/c13-8-5-6-12(9(14)7-8)19(17,18)15-10-3-1-2-4-11(10)16/h5-7,10-11,15-16H,1-4,14H2. The Kier molecular flexibility index (Phi) is 4.50. The second kappa shape index (κ2) is 5.78. The molecule has 0 heterocycles. The number of sulfonamides is 1. The number of aliphatic hydroxyl groups excluding tert-OH is 1. The number of anilines is 1. The van der Waals surface area contributed by atoms with E-state index in [4.69, 9.17) is 5.73 Å². The van der Waals surface area contributed by atoms with Crippen LogP contribution in [0.1, 0.15) is 25.7 Å². The van der Waals surface area contributed by atoms with Gasteiger partial charge < -0.3 is 10.8 Å². The third kappa shape index (κ3) is 3.47. The largest absolute Gasteiger partial charge is 0.398 e. The van der Waals surface area contributed by atoms with Crippen LogP contribution >= 0.6 is 15.9 Å². The predicted octanol–water partition coefficient (Wildman–Crippen LogP) is 1.61. The summed E-state index contributed by atoms with van der Waals surface area (Å²) in [6, 6.07) is 4.20. The van der Waals surface area contributed by atoms with Gasteiger partial charge in [-0.3, -0.25) is 0 Å². The molecule has 5 nitrogen and oxygen atoms in total. The Hall–Kier alpha value is -0.630. The molecule has 1 aliphatic rings. The number of rotatable bonds is 3. The zero-order valence-corrected chi connectivity index (χ0v) is 12.7. The van der Waals surface area contributed by atoms with Gasteiger partial charge in [-0.05, 0) is 31.0 Å². The van der Waals surface area contributed by atoms with Crippen LogP contribution in [-0.2, 0) is 10.0 Å². The second-order valence-corrected chi connectivity index (χ2v) is 7.36. The molecule has 1 aromatic carbocycles. The highest BCUT2D eigenvalue weighted by molar-refractivity contribution is 9.10. The molecule has 2 atom stereocenters. The number of hydrogen-bond acceptors (Lipinski definition) is 4. The van der Waals surface area contributed by atoms with Crippen LogP contribution in [0, 0.1) is 0 Å². The van der Waals surface area contributed by atoms with E-state index < -0.39 is 22.2 Å². The Balaban J connectivity index is 2.22. The first-order valence-electron chi connectivity index (χ1n) is 6.15. The van der Waals surface area contributed by atoms with E-state index in [1.54, 1.807) is 12.1 Å². The Labute approximate surface area is 121 Å². The van der Waals surface area contributed by atoms with Crippen molar-refractivity contribution in [1.82, 2.24) is 4.72 Å². The smallest absolute Gasteiger partial charge is 0.242 e. The van der Waals surface area contributed by atoms with E-state index in [0.29, 0.717) is 12.8 Å². The second-order valence-electron chi connectivity index (χ2n) is 4.76. The number of nitrogens with one attached hydrogen (secondary N) is 1. The topological polar surface area (TPSA) is 92.4 Å². The molecule has 7 heteroatoms. The van der Waals surface area contributed by atoms with Gasteiger partial charge in [0.25, 0.3) is 0 Å². The molecule has 1 saturated carbocycles. The van der Waals surface area contributed by atoms with Gasteiger partial charge in [0.05, 0.1) is 11.8 Å². The Bertz CT molecular complexity index is 562. The molecular weight excluding hydrogens is 332 g/mol. The predicted molar refractivity (Wildman–Crippen MR) is 77.1 cm³/mol. The molecule has 4 N–H and O–H groups in total. The first-order chi connectivity index (χ1) is 8.90. The number of halogens is 1. The SMILES string of the molecule is Nc1cc(Br)ccc1S(=O)(=O)NC1CCCCC1O. The maximum absolute atomic E-state index is 12.3. The Morgan fingerprint density at radius 2 is 2.00 bits per heavy atom. The van der Waals surface area contributed by atoms with Crippen LogP contribution in [-0.4, -0.2) is 25.7 Å². The summed E-state index contributed by atoms with van der Waals surface area (Å²) in [6.45, 7) is 0. The molecule has 1 fully saturated rings. The lowest BCUT2D eigenvalue weighted by Gasteiger charge is -2.28. The van der Waals surface area contributed by atoms with Gasteiger partial charge in [0, 0.05) is 10.5 Å². The minimum Gasteiger partial charge on any atom is -0.398 e. The molecule has 19 heavy (non-hydrogen) atoms. The number of aliphatic hydroxyl groups is 1. The van der Waals surface area contributed by atoms with Crippen LogP contribution < -0.4 is 10.5 Å². The van der Waals surface area contributed by atoms with Crippen LogP contribution in [0.5, 0.6) is 0 Å². The van der Waals surface area contributed by atoms with Gasteiger partial charge in [-0.2, -0.15) is 0 Å². The minimum atomic E-state index is -3.70. The first kappa shape index (κ1) is 14.8. The van der Waals surface area contributed by atoms with Crippen molar-refractivity contribution in [3.8, 4) is 0 Å². The van der Waals surface area contributed by atoms with Crippen LogP contribution in [0.4, 0.5) is 5.69 Å². The highest BCUT2D eigenvalue weighted by Gasteiger charge is 2.28. The zero-order valence-electron chi connectivity index (χ0n) is 10.3. The van der Waals surface area contributed by atoms with Crippen LogP contribution in [0.2, 0.25) is 0 Å². The molecule has 0 spiro atoms. The highest BCUT2D eigenvalue weighted by Crippen LogP contribution is 2.25. The van der Waals surface area contributed by atoms with Crippen LogP contribution in [0.25, 0.3) is 0 Å². The van der Waals surface area contributed by atoms with E-state index in [-0.39, 0.29) is 10.6 Å². The summed E-state index contributed by atoms with van der Waals surface area (Å²) in [7, 11) is -3.70. The highest BCUT2D eigenvalue weighted by atomic mass is 79.9. The van der Waals surface area contributed by atoms with Gasteiger partial charge in [-0.15, -0.1) is 0 Å². The lowest BCUT2D eigenvalue weighted by Crippen LogP contribution is -2.45. The first-order valence-corrected chi connectivity index (χ1v) is 8.43. The zero-order chi connectivity index (χ0) is 14.0. The number of nitrogens with two attached hydrogens (primary N) is 1. The van der Waals surface area contributed by atoms with Crippen molar-refractivity contribution in [3.05, 3.63) is 22.7 Å². The van der Waals surface area contributed by atoms with E-state index in [2.05, 4.69) is 20.7 Å². The maximum atomic E-state index is 12.3. The molecule has 2 rings (SSSR count). The normalized spacial score (nSPS) is 24.3. The molecule has 0 bridgehead atoms. The lowest BCUT2D eigenvalue weighted by atomic mass is 9.93. The van der Waals surface area contributed by atoms with Crippen molar-refractivity contribution in [3.63, 3.8) is 0 Å². The van der Waals surface area contributed by atoms with E-state index in [0.717, 1.165) is 17.3 Å². The van der Waals surface area contributed by atoms with E-state index >= 15 is 0 Å². The average molecular weight is 349 g/mol. The third-order valence-corrected chi connectivity index (χ3v) is 5.35. The molecule has 2 unspecified atom stereocenters. The van der Waals surface area contributed by atoms with Gasteiger partial charge in [0.1, 0.15) is 4.90 Å². The van der Waals surface area contributed by atoms with E-state index in [9.17, 15) is 13.5 Å². The van der Waals surface area contributed by atoms with Crippen molar-refractivity contribution >= 4 is 31.6 Å². The van der Waals surface area contributed by atoms with Gasteiger partial charge >= 0.3 is 0 Å². The third-order valence-electron chi connectivity index (χ3n) is 3.30.